The van der Waals surface area contributed by atoms with Crippen molar-refractivity contribution in [3.63, 3.8) is 0 Å². The van der Waals surface area contributed by atoms with E-state index in [0.29, 0.717) is 29.1 Å². The third-order valence-corrected chi connectivity index (χ3v) is 3.25. The fourth-order valence-corrected chi connectivity index (χ4v) is 1.91. The molecule has 0 unspecified atom stereocenters. The highest BCUT2D eigenvalue weighted by atomic mass is 16.2. The number of benzene rings is 1. The maximum Gasteiger partial charge on any atom is 0.259 e. The molecule has 0 saturated carbocycles. The lowest BCUT2D eigenvalue weighted by Crippen LogP contribution is -2.15. The third-order valence-electron chi connectivity index (χ3n) is 3.25. The normalized spacial score (nSPS) is 10.2. The molecule has 110 valence electrons. The molecule has 0 aliphatic carbocycles. The van der Waals surface area contributed by atoms with Crippen LogP contribution in [0.2, 0.25) is 0 Å². The second-order valence-electron chi connectivity index (χ2n) is 4.74. The summed E-state index contributed by atoms with van der Waals surface area (Å²) < 4.78 is 0. The van der Waals surface area contributed by atoms with Crippen LogP contribution in [0, 0.1) is 13.8 Å². The van der Waals surface area contributed by atoms with Crippen molar-refractivity contribution < 1.29 is 9.59 Å². The molecule has 21 heavy (non-hydrogen) atoms. The molecule has 2 aromatic rings. The molecule has 0 aliphatic rings. The van der Waals surface area contributed by atoms with Crippen LogP contribution in [0.3, 0.4) is 0 Å². The second kappa shape index (κ2) is 6.21. The van der Waals surface area contributed by atoms with Gasteiger partial charge in [-0.05, 0) is 31.5 Å². The lowest BCUT2D eigenvalue weighted by Gasteiger charge is -2.13. The van der Waals surface area contributed by atoms with Crippen LogP contribution in [0.25, 0.3) is 0 Å². The minimum Gasteiger partial charge on any atom is -0.326 e. The molecule has 1 aromatic heterocycles. The van der Waals surface area contributed by atoms with Crippen molar-refractivity contribution in [2.24, 2.45) is 0 Å². The Morgan fingerprint density at radius 3 is 2.43 bits per heavy atom. The predicted octanol–water partition coefficient (Wildman–Crippen LogP) is 2.63. The number of aromatic nitrogens is 2. The molecule has 3 N–H and O–H groups in total. The predicted molar refractivity (Wildman–Crippen MR) is 81.4 cm³/mol. The molecule has 2 rings (SSSR count). The van der Waals surface area contributed by atoms with E-state index in [4.69, 9.17) is 0 Å². The summed E-state index contributed by atoms with van der Waals surface area (Å²) in [6.45, 7) is 5.42. The van der Waals surface area contributed by atoms with Gasteiger partial charge in [0.25, 0.3) is 5.91 Å². The smallest absolute Gasteiger partial charge is 0.259 e. The van der Waals surface area contributed by atoms with Gasteiger partial charge < -0.3 is 10.6 Å². The van der Waals surface area contributed by atoms with Gasteiger partial charge in [-0.15, -0.1) is 0 Å². The molecule has 0 bridgehead atoms. The summed E-state index contributed by atoms with van der Waals surface area (Å²) >= 11 is 0. The molecule has 0 radical (unpaired) electrons. The number of aromatic amines is 1. The zero-order valence-electron chi connectivity index (χ0n) is 12.3. The summed E-state index contributed by atoms with van der Waals surface area (Å²) in [6, 6.07) is 5.39. The number of hydrogen-bond acceptors (Lipinski definition) is 3. The number of rotatable bonds is 4. The van der Waals surface area contributed by atoms with E-state index in [1.165, 1.54) is 6.20 Å². The van der Waals surface area contributed by atoms with Crippen molar-refractivity contribution in [3.05, 3.63) is 41.2 Å². The third kappa shape index (κ3) is 3.28. The van der Waals surface area contributed by atoms with Crippen molar-refractivity contribution in [1.82, 2.24) is 10.2 Å². The van der Waals surface area contributed by atoms with Crippen molar-refractivity contribution in [3.8, 4) is 0 Å². The van der Waals surface area contributed by atoms with Crippen LogP contribution in [0.15, 0.2) is 24.4 Å². The maximum absolute atomic E-state index is 12.2. The first-order valence-electron chi connectivity index (χ1n) is 6.73. The van der Waals surface area contributed by atoms with Gasteiger partial charge in [0, 0.05) is 23.5 Å². The molecule has 0 atom stereocenters. The highest BCUT2D eigenvalue weighted by Gasteiger charge is 2.13. The maximum atomic E-state index is 12.2. The average molecular weight is 286 g/mol. The van der Waals surface area contributed by atoms with Gasteiger partial charge in [0.2, 0.25) is 5.91 Å². The number of aryl methyl sites for hydroxylation is 1. The Bertz CT molecular complexity index is 676. The van der Waals surface area contributed by atoms with E-state index in [1.807, 2.05) is 13.0 Å². The fraction of sp³-hybridized carbons (Fsp3) is 0.267. The Hall–Kier alpha value is -2.63. The number of H-pyrrole nitrogens is 1. The van der Waals surface area contributed by atoms with Crippen molar-refractivity contribution in [1.29, 1.82) is 0 Å². The van der Waals surface area contributed by atoms with Crippen LogP contribution in [-0.4, -0.2) is 22.0 Å². The quantitative estimate of drug-likeness (QED) is 0.807. The van der Waals surface area contributed by atoms with Crippen molar-refractivity contribution in [2.45, 2.75) is 27.2 Å². The van der Waals surface area contributed by atoms with Crippen LogP contribution < -0.4 is 10.6 Å². The second-order valence-corrected chi connectivity index (χ2v) is 4.74. The molecule has 0 fully saturated rings. The van der Waals surface area contributed by atoms with E-state index < -0.39 is 0 Å². The summed E-state index contributed by atoms with van der Waals surface area (Å²) in [5.41, 5.74) is 3.38. The average Bonchev–Trinajstić information content (AvgIpc) is 2.89. The standard InChI is InChI=1S/C15H18N4O2/c1-4-14(20)17-12-6-5-7-13(9(12)2)18-15(21)11-8-16-19-10(11)3/h5-8H,4H2,1-3H3,(H,16,19)(H,17,20)(H,18,21). The Morgan fingerprint density at radius 2 is 1.86 bits per heavy atom. The fourth-order valence-electron chi connectivity index (χ4n) is 1.91. The zero-order valence-corrected chi connectivity index (χ0v) is 12.3. The van der Waals surface area contributed by atoms with E-state index in [9.17, 15) is 9.59 Å². The summed E-state index contributed by atoms with van der Waals surface area (Å²) in [4.78, 5) is 23.7. The van der Waals surface area contributed by atoms with Gasteiger partial charge in [-0.3, -0.25) is 14.7 Å². The largest absolute Gasteiger partial charge is 0.326 e. The van der Waals surface area contributed by atoms with Gasteiger partial charge in [-0.2, -0.15) is 5.10 Å². The molecular weight excluding hydrogens is 268 g/mol. The van der Waals surface area contributed by atoms with Crippen molar-refractivity contribution in [2.75, 3.05) is 10.6 Å². The lowest BCUT2D eigenvalue weighted by atomic mass is 10.1. The van der Waals surface area contributed by atoms with Gasteiger partial charge in [-0.1, -0.05) is 13.0 Å². The Balaban J connectivity index is 2.21. The molecule has 1 heterocycles. The van der Waals surface area contributed by atoms with Crippen LogP contribution in [0.4, 0.5) is 11.4 Å². The van der Waals surface area contributed by atoms with Crippen LogP contribution in [0.1, 0.15) is 35.0 Å². The summed E-state index contributed by atoms with van der Waals surface area (Å²) in [5.74, 6) is -0.296. The highest BCUT2D eigenvalue weighted by Crippen LogP contribution is 2.24. The monoisotopic (exact) mass is 286 g/mol. The first-order chi connectivity index (χ1) is 10.0. The molecule has 1 aromatic carbocycles. The molecule has 6 heteroatoms. The molecule has 0 aliphatic heterocycles. The number of carbonyl (C=O) groups is 2. The molecule has 2 amide bonds. The number of hydrogen-bond donors (Lipinski definition) is 3. The van der Waals surface area contributed by atoms with E-state index in [0.717, 1.165) is 5.56 Å². The van der Waals surface area contributed by atoms with Gasteiger partial charge in [-0.25, -0.2) is 0 Å². The Kier molecular flexibility index (Phi) is 4.37. The molecular formula is C15H18N4O2. The molecule has 6 nitrogen and oxygen atoms in total. The molecule has 0 saturated heterocycles. The van der Waals surface area contributed by atoms with Crippen LogP contribution in [0.5, 0.6) is 0 Å². The number of nitrogens with zero attached hydrogens (tertiary/aromatic N) is 1. The number of amides is 2. The van der Waals surface area contributed by atoms with E-state index in [1.54, 1.807) is 26.0 Å². The summed E-state index contributed by atoms with van der Waals surface area (Å²) in [7, 11) is 0. The van der Waals surface area contributed by atoms with Crippen molar-refractivity contribution >= 4 is 23.2 Å². The Labute approximate surface area is 122 Å². The van der Waals surface area contributed by atoms with Gasteiger partial charge in [0.05, 0.1) is 11.8 Å². The van der Waals surface area contributed by atoms with Gasteiger partial charge >= 0.3 is 0 Å². The van der Waals surface area contributed by atoms with E-state index in [-0.39, 0.29) is 11.8 Å². The number of anilines is 2. The minimum atomic E-state index is -0.233. The van der Waals surface area contributed by atoms with Gasteiger partial charge in [0.15, 0.2) is 0 Å². The zero-order chi connectivity index (χ0) is 15.4. The summed E-state index contributed by atoms with van der Waals surface area (Å²) in [6.07, 6.45) is 1.90. The van der Waals surface area contributed by atoms with Crippen LogP contribution >= 0.6 is 0 Å². The molecule has 0 spiro atoms. The SMILES string of the molecule is CCC(=O)Nc1cccc(NC(=O)c2cn[nH]c2C)c1C. The van der Waals surface area contributed by atoms with E-state index >= 15 is 0 Å². The highest BCUT2D eigenvalue weighted by molar-refractivity contribution is 6.05. The van der Waals surface area contributed by atoms with Crippen LogP contribution in [-0.2, 0) is 4.79 Å². The topological polar surface area (TPSA) is 86.9 Å². The lowest BCUT2D eigenvalue weighted by molar-refractivity contribution is -0.115. The van der Waals surface area contributed by atoms with Gasteiger partial charge in [0.1, 0.15) is 0 Å². The summed E-state index contributed by atoms with van der Waals surface area (Å²) in [5, 5.41) is 12.2. The minimum absolute atomic E-state index is 0.0627. The number of carbonyl (C=O) groups excluding carboxylic acids is 2. The van der Waals surface area contributed by atoms with E-state index in [2.05, 4.69) is 20.8 Å². The first kappa shape index (κ1) is 14.8. The first-order valence-corrected chi connectivity index (χ1v) is 6.73. The number of nitrogens with one attached hydrogen (secondary N) is 3. The Morgan fingerprint density at radius 1 is 1.19 bits per heavy atom.